The molecule has 2 aromatic carbocycles. The molecule has 98 valence electrons. The molecule has 0 saturated heterocycles. The van der Waals surface area contributed by atoms with Crippen LogP contribution in [0.5, 0.6) is 5.75 Å². The molecule has 19 heavy (non-hydrogen) atoms. The minimum absolute atomic E-state index is 0.0201. The topological polar surface area (TPSA) is 26.3 Å². The molecule has 0 aromatic heterocycles. The standard InChI is InChI=1S/C14H9BrF2O2/c1-19-12-6-5-8(16)7-9(12)14(18)13-10(15)3-2-4-11(13)17/h2-7H,1H3. The van der Waals surface area contributed by atoms with Crippen molar-refractivity contribution in [3.63, 3.8) is 0 Å². The molecular formula is C14H9BrF2O2. The van der Waals surface area contributed by atoms with Crippen molar-refractivity contribution in [3.8, 4) is 5.75 Å². The molecule has 0 radical (unpaired) electrons. The van der Waals surface area contributed by atoms with Crippen LogP contribution in [0.3, 0.4) is 0 Å². The number of hydrogen-bond acceptors (Lipinski definition) is 2. The van der Waals surface area contributed by atoms with E-state index >= 15 is 0 Å². The zero-order chi connectivity index (χ0) is 14.0. The maximum Gasteiger partial charge on any atom is 0.200 e. The van der Waals surface area contributed by atoms with Gasteiger partial charge in [0.2, 0.25) is 5.78 Å². The highest BCUT2D eigenvalue weighted by Crippen LogP contribution is 2.27. The molecule has 0 bridgehead atoms. The highest BCUT2D eigenvalue weighted by atomic mass is 79.9. The van der Waals surface area contributed by atoms with Gasteiger partial charge in [-0.2, -0.15) is 0 Å². The first kappa shape index (κ1) is 13.7. The second-order valence-electron chi connectivity index (χ2n) is 3.77. The number of carbonyl (C=O) groups excluding carboxylic acids is 1. The third-order valence-electron chi connectivity index (χ3n) is 2.60. The Hall–Kier alpha value is -1.75. The number of rotatable bonds is 3. The average Bonchev–Trinajstić information content (AvgIpc) is 2.38. The third-order valence-corrected chi connectivity index (χ3v) is 3.26. The van der Waals surface area contributed by atoms with Gasteiger partial charge in [0.25, 0.3) is 0 Å². The number of methoxy groups -OCH3 is 1. The van der Waals surface area contributed by atoms with Crippen LogP contribution < -0.4 is 4.74 Å². The van der Waals surface area contributed by atoms with E-state index in [9.17, 15) is 13.6 Å². The second kappa shape index (κ2) is 5.48. The second-order valence-corrected chi connectivity index (χ2v) is 4.62. The zero-order valence-electron chi connectivity index (χ0n) is 9.91. The summed E-state index contributed by atoms with van der Waals surface area (Å²) in [6.45, 7) is 0. The van der Waals surface area contributed by atoms with Gasteiger partial charge in [-0.15, -0.1) is 0 Å². The number of benzene rings is 2. The molecule has 0 spiro atoms. The lowest BCUT2D eigenvalue weighted by Crippen LogP contribution is -2.08. The van der Waals surface area contributed by atoms with Gasteiger partial charge in [-0.1, -0.05) is 6.07 Å². The molecule has 0 heterocycles. The summed E-state index contributed by atoms with van der Waals surface area (Å²) in [6, 6.07) is 7.72. The smallest absolute Gasteiger partial charge is 0.200 e. The van der Waals surface area contributed by atoms with Gasteiger partial charge < -0.3 is 4.74 Å². The molecular weight excluding hydrogens is 318 g/mol. The molecule has 0 atom stereocenters. The fourth-order valence-corrected chi connectivity index (χ4v) is 2.23. The monoisotopic (exact) mass is 326 g/mol. The van der Waals surface area contributed by atoms with Crippen LogP contribution in [0.2, 0.25) is 0 Å². The Balaban J connectivity index is 2.59. The van der Waals surface area contributed by atoms with Crippen molar-refractivity contribution < 1.29 is 18.3 Å². The predicted octanol–water partition coefficient (Wildman–Crippen LogP) is 3.97. The SMILES string of the molecule is COc1ccc(F)cc1C(=O)c1c(F)cccc1Br. The minimum atomic E-state index is -0.675. The van der Waals surface area contributed by atoms with E-state index in [1.165, 1.54) is 31.4 Å². The molecule has 0 N–H and O–H groups in total. The van der Waals surface area contributed by atoms with Gasteiger partial charge in [0.1, 0.15) is 17.4 Å². The number of carbonyl (C=O) groups is 1. The van der Waals surface area contributed by atoms with E-state index in [1.54, 1.807) is 6.07 Å². The quantitative estimate of drug-likeness (QED) is 0.798. The summed E-state index contributed by atoms with van der Waals surface area (Å²) >= 11 is 3.11. The molecule has 0 amide bonds. The summed E-state index contributed by atoms with van der Waals surface area (Å²) in [5.41, 5.74) is -0.167. The van der Waals surface area contributed by atoms with E-state index < -0.39 is 17.4 Å². The van der Waals surface area contributed by atoms with Crippen LogP contribution in [0, 0.1) is 11.6 Å². The summed E-state index contributed by atoms with van der Waals surface area (Å²) in [6.07, 6.45) is 0. The predicted molar refractivity (Wildman–Crippen MR) is 70.5 cm³/mol. The van der Waals surface area contributed by atoms with E-state index in [0.717, 1.165) is 6.07 Å². The Morgan fingerprint density at radius 1 is 1.21 bits per heavy atom. The van der Waals surface area contributed by atoms with Crippen LogP contribution >= 0.6 is 15.9 Å². The van der Waals surface area contributed by atoms with Crippen LogP contribution in [0.25, 0.3) is 0 Å². The first-order valence-electron chi connectivity index (χ1n) is 5.37. The van der Waals surface area contributed by atoms with Crippen molar-refractivity contribution in [1.82, 2.24) is 0 Å². The van der Waals surface area contributed by atoms with Gasteiger partial charge in [-0.25, -0.2) is 8.78 Å². The van der Waals surface area contributed by atoms with Crippen molar-refractivity contribution in [3.05, 3.63) is 63.6 Å². The highest BCUT2D eigenvalue weighted by molar-refractivity contribution is 9.10. The normalized spacial score (nSPS) is 10.3. The van der Waals surface area contributed by atoms with Crippen LogP contribution in [0.1, 0.15) is 15.9 Å². The van der Waals surface area contributed by atoms with Gasteiger partial charge in [0.05, 0.1) is 18.2 Å². The van der Waals surface area contributed by atoms with Crippen LogP contribution in [0.4, 0.5) is 8.78 Å². The summed E-state index contributed by atoms with van der Waals surface area (Å²) < 4.78 is 32.3. The number of halogens is 3. The van der Waals surface area contributed by atoms with Gasteiger partial charge in [-0.3, -0.25) is 4.79 Å². The fourth-order valence-electron chi connectivity index (χ4n) is 1.71. The Bertz CT molecular complexity index is 621. The Morgan fingerprint density at radius 2 is 1.95 bits per heavy atom. The van der Waals surface area contributed by atoms with Crippen molar-refractivity contribution in [2.24, 2.45) is 0 Å². The van der Waals surface area contributed by atoms with Crippen molar-refractivity contribution in [1.29, 1.82) is 0 Å². The van der Waals surface area contributed by atoms with Gasteiger partial charge in [-0.05, 0) is 46.3 Å². The molecule has 0 saturated carbocycles. The van der Waals surface area contributed by atoms with E-state index in [2.05, 4.69) is 15.9 Å². The number of ketones is 1. The van der Waals surface area contributed by atoms with Crippen LogP contribution in [-0.4, -0.2) is 12.9 Å². The van der Waals surface area contributed by atoms with Gasteiger partial charge in [0.15, 0.2) is 0 Å². The Morgan fingerprint density at radius 3 is 2.58 bits per heavy atom. The summed E-state index contributed by atoms with van der Waals surface area (Å²) in [7, 11) is 1.36. The molecule has 0 aliphatic carbocycles. The molecule has 0 aliphatic rings. The third kappa shape index (κ3) is 2.66. The van der Waals surface area contributed by atoms with E-state index in [-0.39, 0.29) is 16.9 Å². The lowest BCUT2D eigenvalue weighted by Gasteiger charge is -2.09. The van der Waals surface area contributed by atoms with Crippen molar-refractivity contribution >= 4 is 21.7 Å². The minimum Gasteiger partial charge on any atom is -0.496 e. The maximum atomic E-state index is 13.7. The first-order valence-corrected chi connectivity index (χ1v) is 6.16. The molecule has 5 heteroatoms. The number of ether oxygens (including phenoxy) is 1. The molecule has 0 fully saturated rings. The molecule has 2 rings (SSSR count). The first-order chi connectivity index (χ1) is 9.04. The lowest BCUT2D eigenvalue weighted by molar-refractivity contribution is 0.103. The molecule has 2 nitrogen and oxygen atoms in total. The van der Waals surface area contributed by atoms with E-state index in [4.69, 9.17) is 4.74 Å². The van der Waals surface area contributed by atoms with Gasteiger partial charge >= 0.3 is 0 Å². The van der Waals surface area contributed by atoms with E-state index in [0.29, 0.717) is 4.47 Å². The average molecular weight is 327 g/mol. The van der Waals surface area contributed by atoms with Gasteiger partial charge in [0, 0.05) is 4.47 Å². The largest absolute Gasteiger partial charge is 0.496 e. The fraction of sp³-hybridized carbons (Fsp3) is 0.0714. The van der Waals surface area contributed by atoms with E-state index in [1.807, 2.05) is 0 Å². The summed E-state index contributed by atoms with van der Waals surface area (Å²) in [5.74, 6) is -1.70. The zero-order valence-corrected chi connectivity index (χ0v) is 11.5. The Labute approximate surface area is 117 Å². The van der Waals surface area contributed by atoms with Crippen molar-refractivity contribution in [2.45, 2.75) is 0 Å². The van der Waals surface area contributed by atoms with Crippen LogP contribution in [-0.2, 0) is 0 Å². The summed E-state index contributed by atoms with van der Waals surface area (Å²) in [4.78, 5) is 12.3. The Kier molecular flexibility index (Phi) is 3.95. The lowest BCUT2D eigenvalue weighted by atomic mass is 10.0. The summed E-state index contributed by atoms with van der Waals surface area (Å²) in [5, 5.41) is 0. The number of hydrogen-bond donors (Lipinski definition) is 0. The van der Waals surface area contributed by atoms with Crippen molar-refractivity contribution in [2.75, 3.05) is 7.11 Å². The van der Waals surface area contributed by atoms with Crippen LogP contribution in [0.15, 0.2) is 40.9 Å². The highest BCUT2D eigenvalue weighted by Gasteiger charge is 2.21. The molecule has 2 aromatic rings. The molecule has 0 unspecified atom stereocenters. The maximum absolute atomic E-state index is 13.7. The molecule has 0 aliphatic heterocycles.